The third kappa shape index (κ3) is 3.56. The number of anilines is 2. The molecule has 8 heteroatoms. The van der Waals surface area contributed by atoms with Gasteiger partial charge in [0.2, 0.25) is 0 Å². The number of hydrogen-bond donors (Lipinski definition) is 2. The Kier molecular flexibility index (Phi) is 4.39. The van der Waals surface area contributed by atoms with Gasteiger partial charge in [-0.05, 0) is 36.4 Å². The number of benzene rings is 2. The fourth-order valence-corrected chi connectivity index (χ4v) is 3.51. The number of thiazole rings is 1. The highest BCUT2D eigenvalue weighted by atomic mass is 32.1. The topological polar surface area (TPSA) is 88.9 Å². The molecule has 2 N–H and O–H groups in total. The molecule has 2 aromatic heterocycles. The van der Waals surface area contributed by atoms with Crippen molar-refractivity contribution >= 4 is 44.2 Å². The average molecular weight is 377 g/mol. The summed E-state index contributed by atoms with van der Waals surface area (Å²) in [7, 11) is 1.71. The van der Waals surface area contributed by atoms with E-state index in [-0.39, 0.29) is 11.8 Å². The highest BCUT2D eigenvalue weighted by Gasteiger charge is 2.13. The van der Waals surface area contributed by atoms with E-state index in [0.29, 0.717) is 22.1 Å². The highest BCUT2D eigenvalue weighted by Crippen LogP contribution is 2.29. The molecule has 0 aliphatic rings. The summed E-state index contributed by atoms with van der Waals surface area (Å²) in [6, 6.07) is 16.0. The summed E-state index contributed by atoms with van der Waals surface area (Å²) in [5.41, 5.74) is 2.44. The van der Waals surface area contributed by atoms with Crippen LogP contribution in [-0.4, -0.2) is 26.6 Å². The third-order valence-electron chi connectivity index (χ3n) is 3.96. The first-order chi connectivity index (χ1) is 13.1. The molecule has 7 nitrogen and oxygen atoms in total. The zero-order valence-electron chi connectivity index (χ0n) is 14.3. The van der Waals surface area contributed by atoms with Gasteiger partial charge in [-0.25, -0.2) is 4.98 Å². The van der Waals surface area contributed by atoms with Gasteiger partial charge in [0.1, 0.15) is 5.69 Å². The Bertz CT molecular complexity index is 1130. The molecule has 0 bridgehead atoms. The summed E-state index contributed by atoms with van der Waals surface area (Å²) in [4.78, 5) is 29.0. The van der Waals surface area contributed by atoms with Crippen molar-refractivity contribution in [2.75, 3.05) is 10.6 Å². The summed E-state index contributed by atoms with van der Waals surface area (Å²) in [5.74, 6) is -0.448. The first-order valence-corrected chi connectivity index (χ1v) is 8.98. The summed E-state index contributed by atoms with van der Waals surface area (Å²) in [6.45, 7) is 0. The van der Waals surface area contributed by atoms with Crippen LogP contribution in [0.2, 0.25) is 0 Å². The minimum Gasteiger partial charge on any atom is -0.321 e. The van der Waals surface area contributed by atoms with Gasteiger partial charge in [-0.1, -0.05) is 29.5 Å². The summed E-state index contributed by atoms with van der Waals surface area (Å²) in [5, 5.41) is 10.2. The average Bonchev–Trinajstić information content (AvgIpc) is 3.27. The molecule has 0 saturated carbocycles. The summed E-state index contributed by atoms with van der Waals surface area (Å²) in [6.07, 6.45) is 1.57. The van der Waals surface area contributed by atoms with Crippen LogP contribution in [0.25, 0.3) is 10.2 Å². The van der Waals surface area contributed by atoms with Crippen LogP contribution in [0.5, 0.6) is 0 Å². The number of rotatable bonds is 4. The van der Waals surface area contributed by atoms with Gasteiger partial charge in [0.15, 0.2) is 5.13 Å². The highest BCUT2D eigenvalue weighted by molar-refractivity contribution is 7.22. The summed E-state index contributed by atoms with van der Waals surface area (Å²) >= 11 is 1.35. The standard InChI is InChI=1S/C19H15N5O2S/c1-24-15(9-10-20-24)18(26)21-13-7-8-14-16(11-13)27-19(22-14)23-17(25)12-5-3-2-4-6-12/h2-11H,1H3,(H,21,26)(H,22,23,25). The largest absolute Gasteiger partial charge is 0.321 e. The van der Waals surface area contributed by atoms with E-state index in [4.69, 9.17) is 0 Å². The lowest BCUT2D eigenvalue weighted by Crippen LogP contribution is -2.15. The maximum Gasteiger partial charge on any atom is 0.273 e. The van der Waals surface area contributed by atoms with Crippen LogP contribution < -0.4 is 10.6 Å². The first-order valence-electron chi connectivity index (χ1n) is 8.16. The lowest BCUT2D eigenvalue weighted by molar-refractivity contribution is 0.101. The second-order valence-electron chi connectivity index (χ2n) is 5.82. The molecular formula is C19H15N5O2S. The molecule has 0 saturated heterocycles. The number of amides is 2. The number of nitrogens with zero attached hydrogens (tertiary/aromatic N) is 3. The van der Waals surface area contributed by atoms with Gasteiger partial charge >= 0.3 is 0 Å². The zero-order valence-corrected chi connectivity index (χ0v) is 15.2. The van der Waals surface area contributed by atoms with E-state index in [1.165, 1.54) is 16.0 Å². The zero-order chi connectivity index (χ0) is 18.8. The molecule has 0 spiro atoms. The number of nitrogens with one attached hydrogen (secondary N) is 2. The van der Waals surface area contributed by atoms with Crippen LogP contribution in [0.3, 0.4) is 0 Å². The van der Waals surface area contributed by atoms with Crippen molar-refractivity contribution in [1.82, 2.24) is 14.8 Å². The molecule has 4 rings (SSSR count). The van der Waals surface area contributed by atoms with Gasteiger partial charge in [0.25, 0.3) is 11.8 Å². The van der Waals surface area contributed by atoms with Gasteiger partial charge in [-0.15, -0.1) is 0 Å². The van der Waals surface area contributed by atoms with Gasteiger partial charge in [0.05, 0.1) is 10.2 Å². The Hall–Kier alpha value is -3.52. The van der Waals surface area contributed by atoms with E-state index in [1.807, 2.05) is 30.3 Å². The van der Waals surface area contributed by atoms with Gasteiger partial charge < -0.3 is 5.32 Å². The van der Waals surface area contributed by atoms with Crippen LogP contribution in [0.15, 0.2) is 60.8 Å². The van der Waals surface area contributed by atoms with Crippen molar-refractivity contribution in [3.63, 3.8) is 0 Å². The molecule has 0 unspecified atom stereocenters. The quantitative estimate of drug-likeness (QED) is 0.569. The second-order valence-corrected chi connectivity index (χ2v) is 6.85. The molecule has 2 amide bonds. The van der Waals surface area contributed by atoms with E-state index in [9.17, 15) is 9.59 Å². The van der Waals surface area contributed by atoms with E-state index in [0.717, 1.165) is 10.2 Å². The van der Waals surface area contributed by atoms with Crippen LogP contribution in [0, 0.1) is 0 Å². The smallest absolute Gasteiger partial charge is 0.273 e. The Labute approximate surface area is 158 Å². The minimum absolute atomic E-state index is 0.209. The maximum atomic E-state index is 12.3. The molecule has 0 fully saturated rings. The Balaban J connectivity index is 1.52. The molecule has 4 aromatic rings. The monoisotopic (exact) mass is 377 g/mol. The Morgan fingerprint density at radius 3 is 2.56 bits per heavy atom. The molecule has 2 heterocycles. The van der Waals surface area contributed by atoms with E-state index in [1.54, 1.807) is 37.5 Å². The lowest BCUT2D eigenvalue weighted by Gasteiger charge is -2.05. The SMILES string of the molecule is Cn1nccc1C(=O)Nc1ccc2nc(NC(=O)c3ccccc3)sc2c1. The lowest BCUT2D eigenvalue weighted by atomic mass is 10.2. The number of carbonyl (C=O) groups excluding carboxylic acids is 2. The van der Waals surface area contributed by atoms with Crippen LogP contribution in [-0.2, 0) is 7.05 Å². The number of aryl methyl sites for hydroxylation is 1. The van der Waals surface area contributed by atoms with Crippen LogP contribution in [0.1, 0.15) is 20.8 Å². The van der Waals surface area contributed by atoms with Crippen molar-refractivity contribution < 1.29 is 9.59 Å². The van der Waals surface area contributed by atoms with Crippen molar-refractivity contribution in [3.8, 4) is 0 Å². The van der Waals surface area contributed by atoms with Crippen LogP contribution >= 0.6 is 11.3 Å². The molecular weight excluding hydrogens is 362 g/mol. The molecule has 0 atom stereocenters. The predicted molar refractivity (Wildman–Crippen MR) is 105 cm³/mol. The number of aromatic nitrogens is 3. The van der Waals surface area contributed by atoms with Crippen LogP contribution in [0.4, 0.5) is 10.8 Å². The second kappa shape index (κ2) is 7.00. The molecule has 0 aliphatic heterocycles. The van der Waals surface area contributed by atoms with E-state index >= 15 is 0 Å². The molecule has 134 valence electrons. The van der Waals surface area contributed by atoms with E-state index < -0.39 is 0 Å². The molecule has 0 aliphatic carbocycles. The summed E-state index contributed by atoms with van der Waals surface area (Å²) < 4.78 is 2.37. The minimum atomic E-state index is -0.239. The number of hydrogen-bond acceptors (Lipinski definition) is 5. The fraction of sp³-hybridized carbons (Fsp3) is 0.0526. The number of fused-ring (bicyclic) bond motifs is 1. The number of carbonyl (C=O) groups is 2. The van der Waals surface area contributed by atoms with E-state index in [2.05, 4.69) is 20.7 Å². The van der Waals surface area contributed by atoms with Gasteiger partial charge in [0, 0.05) is 24.5 Å². The molecule has 2 aromatic carbocycles. The Morgan fingerprint density at radius 1 is 1.00 bits per heavy atom. The first kappa shape index (κ1) is 16.9. The van der Waals surface area contributed by atoms with Gasteiger partial charge in [-0.3, -0.25) is 19.6 Å². The van der Waals surface area contributed by atoms with Crippen molar-refractivity contribution in [1.29, 1.82) is 0 Å². The molecule has 0 radical (unpaired) electrons. The van der Waals surface area contributed by atoms with Gasteiger partial charge in [-0.2, -0.15) is 5.10 Å². The fourth-order valence-electron chi connectivity index (χ4n) is 2.61. The molecule has 27 heavy (non-hydrogen) atoms. The maximum absolute atomic E-state index is 12.3. The van der Waals surface area contributed by atoms with Crippen molar-refractivity contribution in [2.45, 2.75) is 0 Å². The predicted octanol–water partition coefficient (Wildman–Crippen LogP) is 3.53. The van der Waals surface area contributed by atoms with Crippen molar-refractivity contribution in [3.05, 3.63) is 72.1 Å². The third-order valence-corrected chi connectivity index (χ3v) is 4.89. The van der Waals surface area contributed by atoms with Crippen molar-refractivity contribution in [2.24, 2.45) is 7.05 Å². The normalized spacial score (nSPS) is 10.7. The Morgan fingerprint density at radius 2 is 1.81 bits per heavy atom.